The number of fused-ring (bicyclic) bond motifs is 1. The molecular formula is C31H24ClNO6S. The van der Waals surface area contributed by atoms with Gasteiger partial charge in [-0.05, 0) is 78.2 Å². The summed E-state index contributed by atoms with van der Waals surface area (Å²) in [5, 5.41) is 2.16. The van der Waals surface area contributed by atoms with Gasteiger partial charge in [-0.3, -0.25) is 14.5 Å². The molecule has 0 N–H and O–H groups in total. The lowest BCUT2D eigenvalue weighted by atomic mass is 10.1. The number of rotatable bonds is 9. The molecule has 5 rings (SSSR count). The summed E-state index contributed by atoms with van der Waals surface area (Å²) in [7, 11) is 0. The first-order valence-corrected chi connectivity index (χ1v) is 13.7. The Morgan fingerprint density at radius 1 is 0.900 bits per heavy atom. The second-order valence-corrected chi connectivity index (χ2v) is 10.1. The van der Waals surface area contributed by atoms with E-state index >= 15 is 0 Å². The summed E-state index contributed by atoms with van der Waals surface area (Å²) >= 11 is 6.76. The number of imide groups is 1. The van der Waals surface area contributed by atoms with Crippen LogP contribution in [-0.4, -0.2) is 41.8 Å². The molecule has 2 amide bonds. The molecule has 1 aliphatic rings. The van der Waals surface area contributed by atoms with Crippen LogP contribution in [-0.2, 0) is 4.79 Å². The first-order chi connectivity index (χ1) is 19.4. The Bertz CT molecular complexity index is 1610. The summed E-state index contributed by atoms with van der Waals surface area (Å²) < 4.78 is 17.1. The molecule has 1 heterocycles. The molecule has 4 aromatic carbocycles. The van der Waals surface area contributed by atoms with E-state index in [4.69, 9.17) is 25.8 Å². The molecule has 0 radical (unpaired) electrons. The third-order valence-electron chi connectivity index (χ3n) is 6.04. The minimum Gasteiger partial charge on any atom is -0.491 e. The van der Waals surface area contributed by atoms with Crippen molar-refractivity contribution in [2.24, 2.45) is 0 Å². The van der Waals surface area contributed by atoms with Gasteiger partial charge in [-0.1, -0.05) is 54.1 Å². The van der Waals surface area contributed by atoms with Gasteiger partial charge in [0.15, 0.2) is 11.5 Å². The number of carbonyl (C=O) groups excluding carboxylic acids is 3. The summed E-state index contributed by atoms with van der Waals surface area (Å²) in [5.74, 6) is 0.310. The number of hydrogen-bond donors (Lipinski definition) is 0. The van der Waals surface area contributed by atoms with Crippen LogP contribution in [0.25, 0.3) is 16.8 Å². The smallest absolute Gasteiger partial charge is 0.343 e. The Hall–Kier alpha value is -4.27. The lowest BCUT2D eigenvalue weighted by Crippen LogP contribution is -2.32. The normalized spacial score (nSPS) is 14.2. The highest BCUT2D eigenvalue weighted by Gasteiger charge is 2.35. The predicted molar refractivity (Wildman–Crippen MR) is 156 cm³/mol. The molecule has 202 valence electrons. The molecule has 0 aliphatic carbocycles. The number of thioether (sulfide) groups is 1. The Morgan fingerprint density at radius 2 is 1.68 bits per heavy atom. The van der Waals surface area contributed by atoms with Crippen molar-refractivity contribution in [2.75, 3.05) is 19.8 Å². The van der Waals surface area contributed by atoms with E-state index in [1.165, 1.54) is 4.90 Å². The van der Waals surface area contributed by atoms with Crippen LogP contribution < -0.4 is 14.2 Å². The Morgan fingerprint density at radius 3 is 2.48 bits per heavy atom. The number of amides is 2. The van der Waals surface area contributed by atoms with Gasteiger partial charge in [0.25, 0.3) is 11.1 Å². The molecule has 4 aromatic rings. The second kappa shape index (κ2) is 12.3. The monoisotopic (exact) mass is 573 g/mol. The summed E-state index contributed by atoms with van der Waals surface area (Å²) in [6.07, 6.45) is 1.61. The van der Waals surface area contributed by atoms with E-state index in [0.29, 0.717) is 34.3 Å². The summed E-state index contributed by atoms with van der Waals surface area (Å²) in [4.78, 5) is 39.7. The maximum atomic E-state index is 13.0. The van der Waals surface area contributed by atoms with Crippen LogP contribution in [0.15, 0.2) is 89.8 Å². The highest BCUT2D eigenvalue weighted by atomic mass is 35.5. The highest BCUT2D eigenvalue weighted by molar-refractivity contribution is 8.18. The fraction of sp³-hybridized carbons (Fsp3) is 0.129. The molecule has 40 heavy (non-hydrogen) atoms. The van der Waals surface area contributed by atoms with Crippen molar-refractivity contribution in [3.8, 4) is 17.2 Å². The van der Waals surface area contributed by atoms with Crippen LogP contribution in [0, 0.1) is 0 Å². The Kier molecular flexibility index (Phi) is 8.38. The molecule has 0 spiro atoms. The zero-order chi connectivity index (χ0) is 28.1. The molecule has 0 aromatic heterocycles. The third kappa shape index (κ3) is 6.14. The quantitative estimate of drug-likeness (QED) is 0.119. The zero-order valence-electron chi connectivity index (χ0n) is 21.5. The molecule has 1 saturated heterocycles. The van der Waals surface area contributed by atoms with Gasteiger partial charge in [0, 0.05) is 10.4 Å². The topological polar surface area (TPSA) is 82.1 Å². The van der Waals surface area contributed by atoms with Crippen molar-refractivity contribution in [3.63, 3.8) is 0 Å². The third-order valence-corrected chi connectivity index (χ3v) is 7.20. The van der Waals surface area contributed by atoms with E-state index in [1.54, 1.807) is 48.5 Å². The van der Waals surface area contributed by atoms with Crippen molar-refractivity contribution < 1.29 is 28.6 Å². The van der Waals surface area contributed by atoms with E-state index < -0.39 is 11.9 Å². The van der Waals surface area contributed by atoms with Gasteiger partial charge in [-0.2, -0.15) is 0 Å². The average molecular weight is 574 g/mol. The fourth-order valence-electron chi connectivity index (χ4n) is 4.12. The SMILES string of the molecule is CCOc1cc(/C=C2\SC(=O)N(CCOc3cccc4ccccc34)C2=O)ccc1OC(=O)c1ccc(Cl)cc1. The Labute approximate surface area is 240 Å². The van der Waals surface area contributed by atoms with Gasteiger partial charge in [-0.25, -0.2) is 4.79 Å². The second-order valence-electron chi connectivity index (χ2n) is 8.69. The largest absolute Gasteiger partial charge is 0.491 e. The van der Waals surface area contributed by atoms with Gasteiger partial charge in [0.2, 0.25) is 0 Å². The van der Waals surface area contributed by atoms with Crippen molar-refractivity contribution in [3.05, 3.63) is 106 Å². The van der Waals surface area contributed by atoms with Gasteiger partial charge >= 0.3 is 5.97 Å². The highest BCUT2D eigenvalue weighted by Crippen LogP contribution is 2.35. The Balaban J connectivity index is 1.26. The van der Waals surface area contributed by atoms with E-state index in [1.807, 2.05) is 49.4 Å². The van der Waals surface area contributed by atoms with Crippen molar-refractivity contribution in [2.45, 2.75) is 6.92 Å². The van der Waals surface area contributed by atoms with E-state index in [0.717, 1.165) is 22.5 Å². The van der Waals surface area contributed by atoms with Crippen LogP contribution in [0.5, 0.6) is 17.2 Å². The van der Waals surface area contributed by atoms with Crippen molar-refractivity contribution in [1.29, 1.82) is 0 Å². The average Bonchev–Trinajstić information content (AvgIpc) is 3.22. The van der Waals surface area contributed by atoms with Crippen LogP contribution in [0.1, 0.15) is 22.8 Å². The van der Waals surface area contributed by atoms with Crippen molar-refractivity contribution >= 4 is 57.3 Å². The lowest BCUT2D eigenvalue weighted by molar-refractivity contribution is -0.123. The molecule has 1 aliphatic heterocycles. The molecule has 1 fully saturated rings. The number of ether oxygens (including phenoxy) is 3. The molecule has 0 unspecified atom stereocenters. The first kappa shape index (κ1) is 27.3. The van der Waals surface area contributed by atoms with Crippen LogP contribution in [0.3, 0.4) is 0 Å². The van der Waals surface area contributed by atoms with Gasteiger partial charge in [0.05, 0.1) is 23.6 Å². The molecule has 0 saturated carbocycles. The number of benzene rings is 4. The predicted octanol–water partition coefficient (Wildman–Crippen LogP) is 7.23. The molecule has 9 heteroatoms. The van der Waals surface area contributed by atoms with E-state index in [2.05, 4.69) is 0 Å². The van der Waals surface area contributed by atoms with Gasteiger partial charge in [0.1, 0.15) is 12.4 Å². The number of esters is 1. The zero-order valence-corrected chi connectivity index (χ0v) is 23.0. The standard InChI is InChI=1S/C31H24ClNO6S/c1-2-37-27-18-20(10-15-26(27)39-30(35)22-11-13-23(32)14-12-22)19-28-29(34)33(31(36)40-28)16-17-38-25-9-5-7-21-6-3-4-8-24(21)25/h3-15,18-19H,2,16-17H2,1H3/b28-19-. The number of halogens is 1. The van der Waals surface area contributed by atoms with Crippen LogP contribution in [0.2, 0.25) is 5.02 Å². The first-order valence-electron chi connectivity index (χ1n) is 12.5. The van der Waals surface area contributed by atoms with Gasteiger partial charge < -0.3 is 14.2 Å². The van der Waals surface area contributed by atoms with E-state index in [-0.39, 0.29) is 29.0 Å². The molecule has 0 bridgehead atoms. The lowest BCUT2D eigenvalue weighted by Gasteiger charge is -2.14. The maximum Gasteiger partial charge on any atom is 0.343 e. The van der Waals surface area contributed by atoms with Crippen molar-refractivity contribution in [1.82, 2.24) is 4.90 Å². The molecule has 7 nitrogen and oxygen atoms in total. The summed E-state index contributed by atoms with van der Waals surface area (Å²) in [6, 6.07) is 24.9. The van der Waals surface area contributed by atoms with Crippen LogP contribution >= 0.6 is 23.4 Å². The minimum absolute atomic E-state index is 0.120. The molecule has 0 atom stereocenters. The maximum absolute atomic E-state index is 13.0. The molecular weight excluding hydrogens is 550 g/mol. The number of nitrogens with zero attached hydrogens (tertiary/aromatic N) is 1. The minimum atomic E-state index is -0.558. The summed E-state index contributed by atoms with van der Waals surface area (Å²) in [6.45, 7) is 2.43. The van der Waals surface area contributed by atoms with Gasteiger partial charge in [-0.15, -0.1) is 0 Å². The summed E-state index contributed by atoms with van der Waals surface area (Å²) in [5.41, 5.74) is 0.960. The van der Waals surface area contributed by atoms with E-state index in [9.17, 15) is 14.4 Å². The number of carbonyl (C=O) groups is 3. The van der Waals surface area contributed by atoms with Crippen LogP contribution in [0.4, 0.5) is 4.79 Å². The fourth-order valence-corrected chi connectivity index (χ4v) is 5.12. The number of hydrogen-bond acceptors (Lipinski definition) is 7.